The molecule has 2 aromatic rings. The maximum Gasteiger partial charge on any atom is 0.324 e. The van der Waals surface area contributed by atoms with Crippen molar-refractivity contribution >= 4 is 17.6 Å². The lowest BCUT2D eigenvalue weighted by Gasteiger charge is -2.39. The van der Waals surface area contributed by atoms with Gasteiger partial charge in [0.25, 0.3) is 0 Å². The van der Waals surface area contributed by atoms with Gasteiger partial charge >= 0.3 is 6.03 Å². The molecular weight excluding hydrogens is 458 g/mol. The second-order valence-electron chi connectivity index (χ2n) is 9.49. The lowest BCUT2D eigenvalue weighted by molar-refractivity contribution is -0.126. The van der Waals surface area contributed by atoms with Crippen LogP contribution in [0.1, 0.15) is 37.3 Å². The highest BCUT2D eigenvalue weighted by Gasteiger charge is 2.34. The number of piperidine rings is 1. The molecule has 8 heteroatoms. The topological polar surface area (TPSA) is 80.3 Å². The van der Waals surface area contributed by atoms with E-state index in [0.717, 1.165) is 40.5 Å². The Bertz CT molecular complexity index is 1080. The molecule has 36 heavy (non-hydrogen) atoms. The number of anilines is 1. The van der Waals surface area contributed by atoms with E-state index in [1.165, 1.54) is 0 Å². The van der Waals surface area contributed by atoms with Crippen LogP contribution in [0.3, 0.4) is 0 Å². The van der Waals surface area contributed by atoms with E-state index in [-0.39, 0.29) is 24.0 Å². The Kier molecular flexibility index (Phi) is 8.23. The number of fused-ring (bicyclic) bond motifs is 1. The van der Waals surface area contributed by atoms with Gasteiger partial charge in [-0.1, -0.05) is 19.1 Å². The normalized spacial score (nSPS) is 17.7. The van der Waals surface area contributed by atoms with Gasteiger partial charge in [0, 0.05) is 31.6 Å². The van der Waals surface area contributed by atoms with Gasteiger partial charge in [0.1, 0.15) is 23.4 Å². The number of hydrogen-bond acceptors (Lipinski definition) is 5. The number of nitrogens with zero attached hydrogens (tertiary/aromatic N) is 2. The molecule has 0 spiro atoms. The number of amides is 3. The van der Waals surface area contributed by atoms with E-state index in [9.17, 15) is 9.59 Å². The van der Waals surface area contributed by atoms with Gasteiger partial charge in [0.05, 0.1) is 26.5 Å². The molecule has 0 aromatic heterocycles. The van der Waals surface area contributed by atoms with Gasteiger partial charge in [0.2, 0.25) is 5.91 Å². The van der Waals surface area contributed by atoms with Crippen LogP contribution >= 0.6 is 0 Å². The second-order valence-corrected chi connectivity index (χ2v) is 9.49. The minimum Gasteiger partial charge on any atom is -0.497 e. The van der Waals surface area contributed by atoms with Gasteiger partial charge in [-0.25, -0.2) is 4.79 Å². The molecule has 194 valence electrons. The number of ether oxygens (including phenoxy) is 3. The largest absolute Gasteiger partial charge is 0.497 e. The standard InChI is InChI=1S/C28H37N3O5/c1-5-22-18-31(24-16-19(2)6-9-25(24)36-22)28(33)30-14-11-21(12-15-30)27(32)29-13-10-20-7-8-23(34-3)17-26(20)35-4/h6-9,16-17,21-22H,5,10-15,18H2,1-4H3,(H,29,32)/t22-/m0/s1. The summed E-state index contributed by atoms with van der Waals surface area (Å²) in [6, 6.07) is 11.7. The van der Waals surface area contributed by atoms with Crippen molar-refractivity contribution in [1.29, 1.82) is 0 Å². The Morgan fingerprint density at radius 2 is 1.86 bits per heavy atom. The van der Waals surface area contributed by atoms with Crippen LogP contribution in [0.2, 0.25) is 0 Å². The van der Waals surface area contributed by atoms with E-state index < -0.39 is 0 Å². The van der Waals surface area contributed by atoms with Crippen LogP contribution in [0.15, 0.2) is 36.4 Å². The predicted octanol–water partition coefficient (Wildman–Crippen LogP) is 4.18. The summed E-state index contributed by atoms with van der Waals surface area (Å²) in [7, 11) is 3.25. The van der Waals surface area contributed by atoms with Crippen LogP contribution in [-0.4, -0.2) is 63.3 Å². The summed E-state index contributed by atoms with van der Waals surface area (Å²) in [6.07, 6.45) is 2.81. The summed E-state index contributed by atoms with van der Waals surface area (Å²) < 4.78 is 16.8. The zero-order chi connectivity index (χ0) is 25.7. The van der Waals surface area contributed by atoms with Crippen LogP contribution < -0.4 is 24.4 Å². The third kappa shape index (κ3) is 5.69. The molecule has 1 N–H and O–H groups in total. The average Bonchev–Trinajstić information content (AvgIpc) is 2.92. The van der Waals surface area contributed by atoms with Gasteiger partial charge < -0.3 is 24.4 Å². The van der Waals surface area contributed by atoms with Crippen molar-refractivity contribution in [2.75, 3.05) is 45.3 Å². The highest BCUT2D eigenvalue weighted by molar-refractivity contribution is 5.94. The third-order valence-electron chi connectivity index (χ3n) is 7.10. The number of carbonyl (C=O) groups is 2. The van der Waals surface area contributed by atoms with Crippen molar-refractivity contribution in [2.45, 2.75) is 45.6 Å². The zero-order valence-corrected chi connectivity index (χ0v) is 21.7. The Labute approximate surface area is 213 Å². The monoisotopic (exact) mass is 495 g/mol. The summed E-state index contributed by atoms with van der Waals surface area (Å²) in [5.41, 5.74) is 2.94. The van der Waals surface area contributed by atoms with E-state index >= 15 is 0 Å². The van der Waals surface area contributed by atoms with Crippen molar-refractivity contribution in [3.8, 4) is 17.2 Å². The molecule has 0 unspecified atom stereocenters. The first-order chi connectivity index (χ1) is 17.4. The van der Waals surface area contributed by atoms with Crippen molar-refractivity contribution < 1.29 is 23.8 Å². The molecule has 1 fully saturated rings. The highest BCUT2D eigenvalue weighted by Crippen LogP contribution is 2.36. The lowest BCUT2D eigenvalue weighted by atomic mass is 9.96. The molecule has 2 aromatic carbocycles. The molecule has 4 rings (SSSR count). The lowest BCUT2D eigenvalue weighted by Crippen LogP contribution is -2.52. The van der Waals surface area contributed by atoms with Gasteiger partial charge in [-0.3, -0.25) is 9.69 Å². The number of rotatable bonds is 7. The molecule has 2 aliphatic rings. The van der Waals surface area contributed by atoms with Gasteiger partial charge in [0.15, 0.2) is 0 Å². The SMILES string of the molecule is CC[C@H]1CN(C(=O)N2CCC(C(=O)NCCc3ccc(OC)cc3OC)CC2)c2cc(C)ccc2O1. The first-order valence-corrected chi connectivity index (χ1v) is 12.8. The third-order valence-corrected chi connectivity index (χ3v) is 7.10. The first-order valence-electron chi connectivity index (χ1n) is 12.8. The molecular formula is C28H37N3O5. The maximum absolute atomic E-state index is 13.5. The molecule has 0 aliphatic carbocycles. The number of aryl methyl sites for hydroxylation is 1. The van der Waals surface area contributed by atoms with Gasteiger partial charge in [-0.15, -0.1) is 0 Å². The molecule has 2 aliphatic heterocycles. The van der Waals surface area contributed by atoms with Crippen LogP contribution in [-0.2, 0) is 11.2 Å². The Morgan fingerprint density at radius 1 is 1.08 bits per heavy atom. The van der Waals surface area contributed by atoms with Crippen molar-refractivity contribution in [3.05, 3.63) is 47.5 Å². The highest BCUT2D eigenvalue weighted by atomic mass is 16.5. The van der Waals surface area contributed by atoms with E-state index in [1.54, 1.807) is 14.2 Å². The maximum atomic E-state index is 13.5. The number of benzene rings is 2. The van der Waals surface area contributed by atoms with E-state index in [2.05, 4.69) is 12.2 Å². The molecule has 0 radical (unpaired) electrons. The second kappa shape index (κ2) is 11.5. The smallest absolute Gasteiger partial charge is 0.324 e. The van der Waals surface area contributed by atoms with Crippen LogP contribution in [0.25, 0.3) is 0 Å². The van der Waals surface area contributed by atoms with E-state index in [1.807, 2.05) is 53.1 Å². The number of methoxy groups -OCH3 is 2. The summed E-state index contributed by atoms with van der Waals surface area (Å²) in [5.74, 6) is 2.21. The summed E-state index contributed by atoms with van der Waals surface area (Å²) in [6.45, 7) is 6.30. The van der Waals surface area contributed by atoms with E-state index in [0.29, 0.717) is 45.4 Å². The fourth-order valence-electron chi connectivity index (χ4n) is 4.88. The average molecular weight is 496 g/mol. The molecule has 3 amide bonds. The van der Waals surface area contributed by atoms with Crippen LogP contribution in [0.5, 0.6) is 17.2 Å². The Balaban J connectivity index is 1.30. The quantitative estimate of drug-likeness (QED) is 0.623. The van der Waals surface area contributed by atoms with E-state index in [4.69, 9.17) is 14.2 Å². The molecule has 2 heterocycles. The fourth-order valence-corrected chi connectivity index (χ4v) is 4.88. The molecule has 0 bridgehead atoms. The number of urea groups is 1. The first kappa shape index (κ1) is 25.7. The summed E-state index contributed by atoms with van der Waals surface area (Å²) in [5, 5.41) is 3.06. The molecule has 0 saturated carbocycles. The number of likely N-dealkylation sites (tertiary alicyclic amines) is 1. The predicted molar refractivity (Wildman–Crippen MR) is 139 cm³/mol. The van der Waals surface area contributed by atoms with Crippen LogP contribution in [0, 0.1) is 12.8 Å². The molecule has 8 nitrogen and oxygen atoms in total. The summed E-state index contributed by atoms with van der Waals surface area (Å²) in [4.78, 5) is 30.0. The molecule has 1 atom stereocenters. The number of carbonyl (C=O) groups excluding carboxylic acids is 2. The van der Waals surface area contributed by atoms with Crippen molar-refractivity contribution in [1.82, 2.24) is 10.2 Å². The van der Waals surface area contributed by atoms with Gasteiger partial charge in [-0.2, -0.15) is 0 Å². The van der Waals surface area contributed by atoms with Crippen molar-refractivity contribution in [3.63, 3.8) is 0 Å². The number of nitrogens with one attached hydrogen (secondary N) is 1. The fraction of sp³-hybridized carbons (Fsp3) is 0.500. The molecule has 1 saturated heterocycles. The van der Waals surface area contributed by atoms with Crippen molar-refractivity contribution in [2.24, 2.45) is 5.92 Å². The van der Waals surface area contributed by atoms with Gasteiger partial charge in [-0.05, 0) is 61.9 Å². The summed E-state index contributed by atoms with van der Waals surface area (Å²) >= 11 is 0. The van der Waals surface area contributed by atoms with Crippen LogP contribution in [0.4, 0.5) is 10.5 Å². The number of hydrogen-bond donors (Lipinski definition) is 1. The minimum atomic E-state index is -0.0885. The Morgan fingerprint density at radius 3 is 2.56 bits per heavy atom. The zero-order valence-electron chi connectivity index (χ0n) is 21.7. The Hall–Kier alpha value is -3.42. The minimum absolute atomic E-state index is 0.00550.